The van der Waals surface area contributed by atoms with E-state index in [1.807, 2.05) is 41.2 Å². The number of rotatable bonds is 17. The van der Waals surface area contributed by atoms with E-state index in [1.54, 1.807) is 24.7 Å². The van der Waals surface area contributed by atoms with Gasteiger partial charge in [-0.1, -0.05) is 42.5 Å². The molecule has 3 aromatic rings. The molecule has 0 radical (unpaired) electrons. The van der Waals surface area contributed by atoms with Crippen LogP contribution in [0.15, 0.2) is 67.1 Å². The van der Waals surface area contributed by atoms with Gasteiger partial charge in [0, 0.05) is 37.0 Å². The molecule has 1 aliphatic heterocycles. The first kappa shape index (κ1) is 32.8. The summed E-state index contributed by atoms with van der Waals surface area (Å²) in [6, 6.07) is 14.5. The van der Waals surface area contributed by atoms with E-state index in [4.69, 9.17) is 4.74 Å². The molecule has 1 fully saturated rings. The van der Waals surface area contributed by atoms with Crippen LogP contribution >= 0.6 is 11.8 Å². The summed E-state index contributed by atoms with van der Waals surface area (Å²) in [4.78, 5) is 53.8. The number of ketones is 1. The van der Waals surface area contributed by atoms with Gasteiger partial charge in [-0.15, -0.1) is 0 Å². The largest absolute Gasteiger partial charge is 0.480 e. The summed E-state index contributed by atoms with van der Waals surface area (Å²) in [5.74, 6) is -1.18. The zero-order chi connectivity index (χ0) is 31.5. The number of amides is 1. The monoisotopic (exact) mass is 623 g/mol. The van der Waals surface area contributed by atoms with Crippen LogP contribution in [-0.2, 0) is 38.5 Å². The van der Waals surface area contributed by atoms with Crippen molar-refractivity contribution in [1.29, 1.82) is 0 Å². The molecule has 2 aromatic carbocycles. The van der Waals surface area contributed by atoms with Crippen LogP contribution in [0.4, 0.5) is 5.69 Å². The van der Waals surface area contributed by atoms with Crippen LogP contribution < -0.4 is 10.6 Å². The Labute approximate surface area is 259 Å². The quantitative estimate of drug-likeness (QED) is 0.150. The number of nitrogens with zero attached hydrogens (tertiary/aromatic N) is 3. The average molecular weight is 624 g/mol. The third-order valence-electron chi connectivity index (χ3n) is 7.73. The van der Waals surface area contributed by atoms with E-state index in [-0.39, 0.29) is 37.3 Å². The van der Waals surface area contributed by atoms with Gasteiger partial charge < -0.3 is 25.0 Å². The number of ether oxygens (including phenoxy) is 1. The summed E-state index contributed by atoms with van der Waals surface area (Å²) in [6.07, 6.45) is 5.93. The summed E-state index contributed by atoms with van der Waals surface area (Å²) < 4.78 is 8.03. The summed E-state index contributed by atoms with van der Waals surface area (Å²) in [6.45, 7) is 0.941. The molecule has 12 nitrogen and oxygen atoms in total. The number of carboxylic acid groups (broad SMARTS) is 1. The predicted octanol–water partition coefficient (Wildman–Crippen LogP) is 3.02. The number of hydrogen-bond acceptors (Lipinski definition) is 9. The van der Waals surface area contributed by atoms with Gasteiger partial charge in [-0.3, -0.25) is 19.7 Å². The number of imidazole rings is 1. The molecule has 0 spiro atoms. The smallest absolute Gasteiger partial charge is 0.326 e. The zero-order valence-corrected chi connectivity index (χ0v) is 25.3. The van der Waals surface area contributed by atoms with Crippen molar-refractivity contribution in [3.05, 3.63) is 94.1 Å². The molecule has 1 saturated heterocycles. The van der Waals surface area contributed by atoms with Crippen molar-refractivity contribution in [1.82, 2.24) is 20.2 Å². The summed E-state index contributed by atoms with van der Waals surface area (Å²) in [7, 11) is 0. The topological polar surface area (TPSA) is 166 Å². The van der Waals surface area contributed by atoms with Gasteiger partial charge in [-0.2, -0.15) is 11.8 Å². The van der Waals surface area contributed by atoms with Crippen LogP contribution in [0.1, 0.15) is 36.1 Å². The van der Waals surface area contributed by atoms with Gasteiger partial charge in [0.1, 0.15) is 17.7 Å². The second-order valence-electron chi connectivity index (χ2n) is 10.8. The van der Waals surface area contributed by atoms with Crippen LogP contribution in [0, 0.1) is 10.1 Å². The third kappa shape index (κ3) is 8.74. The number of benzene rings is 2. The Bertz CT molecular complexity index is 1420. The molecule has 0 saturated carbocycles. The Kier molecular flexibility index (Phi) is 11.6. The van der Waals surface area contributed by atoms with Gasteiger partial charge in [-0.05, 0) is 48.9 Å². The molecule has 13 heteroatoms. The van der Waals surface area contributed by atoms with E-state index < -0.39 is 34.5 Å². The van der Waals surface area contributed by atoms with Gasteiger partial charge in [-0.25, -0.2) is 9.78 Å². The highest BCUT2D eigenvalue weighted by atomic mass is 32.2. The Morgan fingerprint density at radius 1 is 1.18 bits per heavy atom. The van der Waals surface area contributed by atoms with Crippen molar-refractivity contribution in [2.75, 3.05) is 25.2 Å². The van der Waals surface area contributed by atoms with Crippen molar-refractivity contribution < 1.29 is 29.2 Å². The maximum absolute atomic E-state index is 13.8. The number of non-ortho nitro benzene ring substituents is 1. The maximum atomic E-state index is 13.8. The molecular weight excluding hydrogens is 586 g/mol. The number of aliphatic carboxylic acids is 1. The van der Waals surface area contributed by atoms with Crippen LogP contribution in [0.5, 0.6) is 0 Å². The van der Waals surface area contributed by atoms with E-state index in [1.165, 1.54) is 23.9 Å². The molecule has 2 heterocycles. The highest BCUT2D eigenvalue weighted by molar-refractivity contribution is 7.98. The third-order valence-corrected chi connectivity index (χ3v) is 8.37. The van der Waals surface area contributed by atoms with Crippen molar-refractivity contribution in [2.45, 2.75) is 56.3 Å². The van der Waals surface area contributed by atoms with Crippen LogP contribution in [-0.4, -0.2) is 80.1 Å². The molecule has 1 unspecified atom stereocenters. The number of Topliss-reactive ketones (excluding diaryl/α,β-unsaturated/α-hetero) is 1. The Morgan fingerprint density at radius 3 is 2.57 bits per heavy atom. The first-order valence-corrected chi connectivity index (χ1v) is 15.8. The van der Waals surface area contributed by atoms with E-state index in [0.29, 0.717) is 31.0 Å². The number of aromatic nitrogens is 2. The molecule has 3 N–H and O–H groups in total. The molecule has 44 heavy (non-hydrogen) atoms. The molecule has 1 aliphatic rings. The highest BCUT2D eigenvalue weighted by Gasteiger charge is 2.42. The second-order valence-corrected chi connectivity index (χ2v) is 11.8. The van der Waals surface area contributed by atoms with E-state index in [9.17, 15) is 29.6 Å². The fraction of sp³-hybridized carbons (Fsp3) is 0.419. The van der Waals surface area contributed by atoms with Gasteiger partial charge in [0.2, 0.25) is 5.91 Å². The maximum Gasteiger partial charge on any atom is 0.326 e. The molecule has 234 valence electrons. The summed E-state index contributed by atoms with van der Waals surface area (Å²) >= 11 is 1.50. The number of carbonyl (C=O) groups excluding carboxylic acids is 2. The fourth-order valence-corrected chi connectivity index (χ4v) is 5.67. The Morgan fingerprint density at radius 2 is 1.93 bits per heavy atom. The lowest BCUT2D eigenvalue weighted by molar-refractivity contribution is -0.384. The lowest BCUT2D eigenvalue weighted by atomic mass is 9.90. The molecule has 1 amide bonds. The molecular formula is C31H37N5O7S. The standard InChI is InChI=1S/C31H37N5O7S/c1-44-15-12-26(30(39)40)34-29(38)27(16-22-6-3-2-4-7-22)43-20-31(13-5-14-33-31)28(37)17-25-18-32-21-35(25)19-23-8-10-24(11-9-23)36(41)42/h2-4,6-11,18,21,26-27,33H,5,12-17,19-20H2,1H3,(H,34,38)(H,39,40)/t26-,27?,31+/m1/s1. The first-order valence-electron chi connectivity index (χ1n) is 14.4. The minimum atomic E-state index is -1.11. The SMILES string of the molecule is CSCC[C@@H](NC(=O)C(Cc1ccccc1)OC[C@]1(C(=O)Cc2cncn2Cc2ccc([N+](=O)[O-])cc2)CCCN1)C(=O)O. The summed E-state index contributed by atoms with van der Waals surface area (Å²) in [5, 5.41) is 26.6. The van der Waals surface area contributed by atoms with Gasteiger partial charge in [0.25, 0.3) is 5.69 Å². The number of hydrogen-bond donors (Lipinski definition) is 3. The van der Waals surface area contributed by atoms with Crippen molar-refractivity contribution in [3.63, 3.8) is 0 Å². The summed E-state index contributed by atoms with van der Waals surface area (Å²) in [5.41, 5.74) is 1.33. The predicted molar refractivity (Wildman–Crippen MR) is 166 cm³/mol. The van der Waals surface area contributed by atoms with Gasteiger partial charge in [0.15, 0.2) is 5.78 Å². The number of nitro groups is 1. The first-order chi connectivity index (χ1) is 21.2. The number of nitro benzene ring substituents is 1. The van der Waals surface area contributed by atoms with E-state index in [2.05, 4.69) is 15.6 Å². The number of carboxylic acids is 1. The van der Waals surface area contributed by atoms with Gasteiger partial charge in [0.05, 0.1) is 24.3 Å². The van der Waals surface area contributed by atoms with E-state index >= 15 is 0 Å². The Balaban J connectivity index is 1.47. The normalized spacial score (nSPS) is 17.6. The molecule has 0 aliphatic carbocycles. The van der Waals surface area contributed by atoms with Gasteiger partial charge >= 0.3 is 5.97 Å². The average Bonchev–Trinajstić information content (AvgIpc) is 3.68. The minimum Gasteiger partial charge on any atom is -0.480 e. The minimum absolute atomic E-state index is 0.00160. The van der Waals surface area contributed by atoms with Crippen molar-refractivity contribution in [2.24, 2.45) is 0 Å². The second kappa shape index (κ2) is 15.6. The lowest BCUT2D eigenvalue weighted by Gasteiger charge is -2.30. The van der Waals surface area contributed by atoms with Crippen LogP contribution in [0.25, 0.3) is 0 Å². The van der Waals surface area contributed by atoms with Crippen LogP contribution in [0.2, 0.25) is 0 Å². The molecule has 1 aromatic heterocycles. The molecule has 0 bridgehead atoms. The van der Waals surface area contributed by atoms with Crippen LogP contribution in [0.3, 0.4) is 0 Å². The van der Waals surface area contributed by atoms with Crippen molar-refractivity contribution >= 4 is 35.1 Å². The molecule has 3 atom stereocenters. The lowest BCUT2D eigenvalue weighted by Crippen LogP contribution is -2.54. The van der Waals surface area contributed by atoms with Crippen molar-refractivity contribution in [3.8, 4) is 0 Å². The number of carbonyl (C=O) groups is 3. The fourth-order valence-electron chi connectivity index (χ4n) is 5.20. The number of nitrogens with one attached hydrogen (secondary N) is 2. The van der Waals surface area contributed by atoms with E-state index in [0.717, 1.165) is 17.5 Å². The highest BCUT2D eigenvalue weighted by Crippen LogP contribution is 2.25. The molecule has 4 rings (SSSR count). The Hall–Kier alpha value is -4.07. The zero-order valence-electron chi connectivity index (χ0n) is 24.5. The number of thioether (sulfide) groups is 1.